The van der Waals surface area contributed by atoms with E-state index in [1.54, 1.807) is 11.3 Å². The van der Waals surface area contributed by atoms with E-state index in [1.165, 1.54) is 29.1 Å². The fourth-order valence-corrected chi connectivity index (χ4v) is 2.68. The van der Waals surface area contributed by atoms with E-state index >= 15 is 0 Å². The molecule has 5 nitrogen and oxygen atoms in total. The molecule has 1 aromatic heterocycles. The Labute approximate surface area is 141 Å². The molecule has 0 atom stereocenters. The minimum atomic E-state index is -4.71. The van der Waals surface area contributed by atoms with Crippen LogP contribution < -0.4 is 15.8 Å². The van der Waals surface area contributed by atoms with Gasteiger partial charge in [-0.1, -0.05) is 6.92 Å². The third-order valence-electron chi connectivity index (χ3n) is 2.92. The zero-order valence-corrected chi connectivity index (χ0v) is 13.7. The van der Waals surface area contributed by atoms with Gasteiger partial charge in [-0.15, -0.1) is 24.5 Å². The van der Waals surface area contributed by atoms with Crippen molar-refractivity contribution in [1.29, 1.82) is 0 Å². The van der Waals surface area contributed by atoms with E-state index in [-0.39, 0.29) is 11.7 Å². The van der Waals surface area contributed by atoms with Crippen molar-refractivity contribution in [2.24, 2.45) is 10.7 Å². The molecule has 0 unspecified atom stereocenters. The molecule has 130 valence electrons. The average Bonchev–Trinajstić information content (AvgIpc) is 2.96. The van der Waals surface area contributed by atoms with E-state index in [0.29, 0.717) is 18.7 Å². The number of rotatable bonds is 6. The van der Waals surface area contributed by atoms with E-state index < -0.39 is 6.36 Å². The summed E-state index contributed by atoms with van der Waals surface area (Å²) in [5.41, 5.74) is 6.27. The van der Waals surface area contributed by atoms with Gasteiger partial charge in [0.1, 0.15) is 5.75 Å². The number of halogens is 3. The Morgan fingerprint density at radius 3 is 2.62 bits per heavy atom. The first-order valence-electron chi connectivity index (χ1n) is 7.22. The molecule has 24 heavy (non-hydrogen) atoms. The summed E-state index contributed by atoms with van der Waals surface area (Å²) in [6.45, 7) is 2.55. The molecule has 0 spiro atoms. The molecule has 0 aliphatic carbocycles. The maximum absolute atomic E-state index is 12.1. The lowest BCUT2D eigenvalue weighted by Crippen LogP contribution is -2.23. The number of anilines is 1. The molecule has 1 aromatic carbocycles. The molecule has 0 saturated carbocycles. The zero-order valence-electron chi connectivity index (χ0n) is 12.9. The van der Waals surface area contributed by atoms with Crippen LogP contribution in [0, 0.1) is 0 Å². The molecule has 0 aliphatic heterocycles. The van der Waals surface area contributed by atoms with Crippen LogP contribution in [0.3, 0.4) is 0 Å². The number of nitrogens with zero attached hydrogens (tertiary/aromatic N) is 2. The van der Waals surface area contributed by atoms with Gasteiger partial charge >= 0.3 is 6.36 Å². The lowest BCUT2D eigenvalue weighted by molar-refractivity contribution is -0.274. The maximum Gasteiger partial charge on any atom is 0.573 e. The van der Waals surface area contributed by atoms with Crippen molar-refractivity contribution in [1.82, 2.24) is 4.98 Å². The minimum Gasteiger partial charge on any atom is -0.406 e. The van der Waals surface area contributed by atoms with Crippen LogP contribution in [-0.4, -0.2) is 23.9 Å². The molecule has 0 aliphatic rings. The van der Waals surface area contributed by atoms with Crippen LogP contribution >= 0.6 is 11.3 Å². The van der Waals surface area contributed by atoms with Gasteiger partial charge in [0.05, 0.1) is 5.01 Å². The van der Waals surface area contributed by atoms with Crippen molar-refractivity contribution >= 4 is 23.0 Å². The second-order valence-corrected chi connectivity index (χ2v) is 5.99. The number of aryl methyl sites for hydroxylation is 1. The Morgan fingerprint density at radius 2 is 2.04 bits per heavy atom. The molecule has 0 bridgehead atoms. The number of aromatic nitrogens is 1. The number of nitrogens with one attached hydrogen (secondary N) is 1. The number of benzene rings is 1. The smallest absolute Gasteiger partial charge is 0.406 e. The van der Waals surface area contributed by atoms with E-state index in [2.05, 4.69) is 27.0 Å². The summed E-state index contributed by atoms with van der Waals surface area (Å²) in [7, 11) is 0. The predicted molar refractivity (Wildman–Crippen MR) is 88.4 cm³/mol. The second-order valence-electron chi connectivity index (χ2n) is 4.79. The summed E-state index contributed by atoms with van der Waals surface area (Å²) in [6.07, 6.45) is -1.21. The minimum absolute atomic E-state index is 0.187. The summed E-state index contributed by atoms with van der Waals surface area (Å²) in [4.78, 5) is 9.68. The zero-order chi connectivity index (χ0) is 17.6. The average molecular weight is 358 g/mol. The Balaban J connectivity index is 1.83. The number of hydrogen-bond donors (Lipinski definition) is 2. The second kappa shape index (κ2) is 8.00. The molecule has 0 amide bonds. The van der Waals surface area contributed by atoms with Crippen LogP contribution in [0.1, 0.15) is 16.8 Å². The van der Waals surface area contributed by atoms with E-state index in [9.17, 15) is 13.2 Å². The predicted octanol–water partition coefficient (Wildman–Crippen LogP) is 3.57. The van der Waals surface area contributed by atoms with Gasteiger partial charge in [-0.25, -0.2) is 4.98 Å². The normalized spacial score (nSPS) is 12.2. The van der Waals surface area contributed by atoms with Gasteiger partial charge in [-0.2, -0.15) is 0 Å². The first kappa shape index (κ1) is 18.1. The van der Waals surface area contributed by atoms with Crippen molar-refractivity contribution in [3.8, 4) is 5.75 Å². The SMILES string of the molecule is CCc1cnc(CCN=C(N)Nc2ccc(OC(F)(F)F)cc2)s1. The Bertz CT molecular complexity index is 683. The first-order valence-corrected chi connectivity index (χ1v) is 8.03. The molecule has 3 N–H and O–H groups in total. The standard InChI is InChI=1S/C15H17F3N4OS/c1-2-12-9-21-13(24-12)7-8-20-14(19)22-10-3-5-11(6-4-10)23-15(16,17)18/h3-6,9H,2,7-8H2,1H3,(H3,19,20,22). The van der Waals surface area contributed by atoms with Gasteiger partial charge in [0.15, 0.2) is 5.96 Å². The van der Waals surface area contributed by atoms with Crippen molar-refractivity contribution in [2.75, 3.05) is 11.9 Å². The third kappa shape index (κ3) is 6.07. The highest BCUT2D eigenvalue weighted by Crippen LogP contribution is 2.23. The number of guanidine groups is 1. The van der Waals surface area contributed by atoms with E-state index in [4.69, 9.17) is 5.73 Å². The summed E-state index contributed by atoms with van der Waals surface area (Å²) >= 11 is 1.65. The highest BCUT2D eigenvalue weighted by atomic mass is 32.1. The molecule has 0 saturated heterocycles. The number of hydrogen-bond acceptors (Lipinski definition) is 4. The topological polar surface area (TPSA) is 72.5 Å². The number of nitrogens with two attached hydrogens (primary N) is 1. The summed E-state index contributed by atoms with van der Waals surface area (Å²) in [5.74, 6) is -0.106. The van der Waals surface area contributed by atoms with Gasteiger partial charge in [-0.05, 0) is 30.7 Å². The molecule has 9 heteroatoms. The van der Waals surface area contributed by atoms with E-state index in [1.807, 2.05) is 6.20 Å². The molecule has 0 radical (unpaired) electrons. The van der Waals surface area contributed by atoms with Crippen molar-refractivity contribution in [3.63, 3.8) is 0 Å². The number of thiazole rings is 1. The third-order valence-corrected chi connectivity index (χ3v) is 4.12. The lowest BCUT2D eigenvalue weighted by atomic mass is 10.3. The van der Waals surface area contributed by atoms with Crippen LogP contribution in [0.5, 0.6) is 5.75 Å². The molecular formula is C15H17F3N4OS. The molecule has 2 aromatic rings. The fraction of sp³-hybridized carbons (Fsp3) is 0.333. The highest BCUT2D eigenvalue weighted by Gasteiger charge is 2.30. The highest BCUT2D eigenvalue weighted by molar-refractivity contribution is 7.11. The molecular weight excluding hydrogens is 341 g/mol. The van der Waals surface area contributed by atoms with Gasteiger partial charge in [0.25, 0.3) is 0 Å². The Morgan fingerprint density at radius 1 is 1.33 bits per heavy atom. The van der Waals surface area contributed by atoms with Gasteiger partial charge < -0.3 is 15.8 Å². The molecule has 2 rings (SSSR count). The van der Waals surface area contributed by atoms with Crippen molar-refractivity contribution < 1.29 is 17.9 Å². The fourth-order valence-electron chi connectivity index (χ4n) is 1.83. The maximum atomic E-state index is 12.1. The van der Waals surface area contributed by atoms with Gasteiger partial charge in [0.2, 0.25) is 0 Å². The van der Waals surface area contributed by atoms with Crippen LogP contribution in [0.25, 0.3) is 0 Å². The number of ether oxygens (including phenoxy) is 1. The first-order chi connectivity index (χ1) is 11.4. The summed E-state index contributed by atoms with van der Waals surface area (Å²) < 4.78 is 40.0. The Kier molecular flexibility index (Phi) is 6.02. The van der Waals surface area contributed by atoms with Gasteiger partial charge in [0, 0.05) is 29.7 Å². The number of aliphatic imine (C=N–C) groups is 1. The quantitative estimate of drug-likeness (QED) is 0.612. The monoisotopic (exact) mass is 358 g/mol. The van der Waals surface area contributed by atoms with Gasteiger partial charge in [-0.3, -0.25) is 4.99 Å². The largest absolute Gasteiger partial charge is 0.573 e. The number of alkyl halides is 3. The van der Waals surface area contributed by atoms with E-state index in [0.717, 1.165) is 11.4 Å². The summed E-state index contributed by atoms with van der Waals surface area (Å²) in [5, 5.41) is 3.81. The van der Waals surface area contributed by atoms with Crippen molar-refractivity contribution in [2.45, 2.75) is 26.1 Å². The van der Waals surface area contributed by atoms with Crippen LogP contribution in [0.4, 0.5) is 18.9 Å². The summed E-state index contributed by atoms with van der Waals surface area (Å²) in [6, 6.07) is 5.26. The van der Waals surface area contributed by atoms with Crippen LogP contribution in [-0.2, 0) is 12.8 Å². The van der Waals surface area contributed by atoms with Crippen LogP contribution in [0.15, 0.2) is 35.5 Å². The lowest BCUT2D eigenvalue weighted by Gasteiger charge is -2.10. The Hall–Kier alpha value is -2.29. The molecule has 0 fully saturated rings. The molecule has 1 heterocycles. The van der Waals surface area contributed by atoms with Crippen LogP contribution in [0.2, 0.25) is 0 Å². The van der Waals surface area contributed by atoms with Crippen molar-refractivity contribution in [3.05, 3.63) is 40.3 Å².